The van der Waals surface area contributed by atoms with Crippen LogP contribution in [-0.2, 0) is 0 Å². The van der Waals surface area contributed by atoms with Crippen molar-refractivity contribution in [3.63, 3.8) is 0 Å². The summed E-state index contributed by atoms with van der Waals surface area (Å²) in [5, 5.41) is 10.2. The zero-order valence-corrected chi connectivity index (χ0v) is 10.6. The Hall–Kier alpha value is -1.78. The largest absolute Gasteiger partial charge is 0.354 e. The number of nitrogens with zero attached hydrogens (tertiary/aromatic N) is 3. The molecule has 1 aliphatic rings. The Morgan fingerprint density at radius 1 is 1.47 bits per heavy atom. The predicted molar refractivity (Wildman–Crippen MR) is 70.3 cm³/mol. The standard InChI is InChI=1S/C12H19N5/c1-9-5-4-6-10(9)7-8-13-11-14-12(16-15-11)17(2)3/h4,6H,5,7-8H2,1-3H3,(H2,13,14,15,16). The molecule has 0 aromatic carbocycles. The van der Waals surface area contributed by atoms with Gasteiger partial charge in [-0.05, 0) is 25.3 Å². The van der Waals surface area contributed by atoms with E-state index in [1.54, 1.807) is 0 Å². The fourth-order valence-electron chi connectivity index (χ4n) is 1.80. The molecule has 0 radical (unpaired) electrons. The molecule has 17 heavy (non-hydrogen) atoms. The molecule has 0 saturated heterocycles. The van der Waals surface area contributed by atoms with Crippen molar-refractivity contribution < 1.29 is 0 Å². The smallest absolute Gasteiger partial charge is 0.245 e. The fourth-order valence-corrected chi connectivity index (χ4v) is 1.80. The molecule has 0 unspecified atom stereocenters. The van der Waals surface area contributed by atoms with Gasteiger partial charge in [0.05, 0.1) is 0 Å². The van der Waals surface area contributed by atoms with Gasteiger partial charge in [-0.2, -0.15) is 4.98 Å². The molecule has 5 nitrogen and oxygen atoms in total. The van der Waals surface area contributed by atoms with E-state index < -0.39 is 0 Å². The maximum Gasteiger partial charge on any atom is 0.245 e. The molecule has 0 aliphatic heterocycles. The first-order valence-electron chi connectivity index (χ1n) is 5.85. The van der Waals surface area contributed by atoms with Gasteiger partial charge in [-0.1, -0.05) is 17.7 Å². The Labute approximate surface area is 102 Å². The number of aromatic nitrogens is 3. The van der Waals surface area contributed by atoms with Gasteiger partial charge in [-0.3, -0.25) is 0 Å². The van der Waals surface area contributed by atoms with Crippen LogP contribution in [0.5, 0.6) is 0 Å². The van der Waals surface area contributed by atoms with Crippen LogP contribution in [-0.4, -0.2) is 35.8 Å². The van der Waals surface area contributed by atoms with Crippen LogP contribution in [0.3, 0.4) is 0 Å². The second kappa shape index (κ2) is 5.03. The van der Waals surface area contributed by atoms with Gasteiger partial charge in [0.25, 0.3) is 0 Å². The Kier molecular flexibility index (Phi) is 3.46. The molecule has 0 fully saturated rings. The molecule has 5 heteroatoms. The Bertz CT molecular complexity index is 442. The van der Waals surface area contributed by atoms with Crippen LogP contribution in [0.2, 0.25) is 0 Å². The first-order valence-corrected chi connectivity index (χ1v) is 5.85. The highest BCUT2D eigenvalue weighted by Gasteiger charge is 2.06. The third-order valence-electron chi connectivity index (χ3n) is 2.85. The van der Waals surface area contributed by atoms with Crippen molar-refractivity contribution in [2.24, 2.45) is 0 Å². The third-order valence-corrected chi connectivity index (χ3v) is 2.85. The lowest BCUT2D eigenvalue weighted by Crippen LogP contribution is -2.10. The molecule has 0 amide bonds. The Balaban J connectivity index is 1.82. The summed E-state index contributed by atoms with van der Waals surface area (Å²) in [6, 6.07) is 0. The molecule has 0 saturated carbocycles. The maximum absolute atomic E-state index is 4.31. The summed E-state index contributed by atoms with van der Waals surface area (Å²) < 4.78 is 0. The Morgan fingerprint density at radius 3 is 2.88 bits per heavy atom. The number of aromatic amines is 1. The number of rotatable bonds is 5. The van der Waals surface area contributed by atoms with E-state index in [4.69, 9.17) is 0 Å². The average molecular weight is 233 g/mol. The van der Waals surface area contributed by atoms with Crippen molar-refractivity contribution in [2.75, 3.05) is 30.9 Å². The van der Waals surface area contributed by atoms with E-state index in [-0.39, 0.29) is 0 Å². The molecule has 1 aliphatic carbocycles. The monoisotopic (exact) mass is 233 g/mol. The van der Waals surface area contributed by atoms with E-state index in [1.807, 2.05) is 19.0 Å². The highest BCUT2D eigenvalue weighted by Crippen LogP contribution is 2.20. The van der Waals surface area contributed by atoms with Crippen LogP contribution in [0.4, 0.5) is 11.9 Å². The lowest BCUT2D eigenvalue weighted by Gasteiger charge is -2.05. The van der Waals surface area contributed by atoms with Gasteiger partial charge in [-0.15, -0.1) is 5.10 Å². The molecule has 1 aromatic heterocycles. The maximum atomic E-state index is 4.31. The Morgan fingerprint density at radius 2 is 2.29 bits per heavy atom. The molecular formula is C12H19N5. The number of allylic oxidation sites excluding steroid dienone is 3. The van der Waals surface area contributed by atoms with Gasteiger partial charge in [0.1, 0.15) is 0 Å². The van der Waals surface area contributed by atoms with Crippen molar-refractivity contribution in [1.29, 1.82) is 0 Å². The molecule has 0 spiro atoms. The van der Waals surface area contributed by atoms with E-state index in [0.29, 0.717) is 5.95 Å². The van der Waals surface area contributed by atoms with Crippen molar-refractivity contribution in [1.82, 2.24) is 15.2 Å². The SMILES string of the molecule is CC1=C(CCNc2nc(N(C)C)n[nH]2)C=CC1. The molecule has 0 bridgehead atoms. The van der Waals surface area contributed by atoms with E-state index in [1.165, 1.54) is 11.1 Å². The molecule has 1 aromatic rings. The van der Waals surface area contributed by atoms with E-state index in [9.17, 15) is 0 Å². The van der Waals surface area contributed by atoms with Gasteiger partial charge < -0.3 is 10.2 Å². The first-order chi connectivity index (χ1) is 8.16. The van der Waals surface area contributed by atoms with Crippen LogP contribution >= 0.6 is 0 Å². The van der Waals surface area contributed by atoms with Crippen molar-refractivity contribution in [3.8, 4) is 0 Å². The van der Waals surface area contributed by atoms with E-state index >= 15 is 0 Å². The zero-order chi connectivity index (χ0) is 12.3. The quantitative estimate of drug-likeness (QED) is 0.816. The number of hydrogen-bond donors (Lipinski definition) is 2. The lowest BCUT2D eigenvalue weighted by atomic mass is 10.1. The molecule has 2 rings (SSSR count). The summed E-state index contributed by atoms with van der Waals surface area (Å²) in [4.78, 5) is 6.18. The van der Waals surface area contributed by atoms with Crippen LogP contribution in [0.1, 0.15) is 19.8 Å². The minimum atomic E-state index is 0.698. The van der Waals surface area contributed by atoms with Crippen LogP contribution < -0.4 is 10.2 Å². The van der Waals surface area contributed by atoms with Crippen molar-refractivity contribution in [2.45, 2.75) is 19.8 Å². The summed E-state index contributed by atoms with van der Waals surface area (Å²) in [6.07, 6.45) is 6.55. The van der Waals surface area contributed by atoms with Crippen LogP contribution in [0.25, 0.3) is 0 Å². The topological polar surface area (TPSA) is 56.8 Å². The highest BCUT2D eigenvalue weighted by molar-refractivity contribution is 5.36. The normalized spacial score (nSPS) is 14.5. The molecular weight excluding hydrogens is 214 g/mol. The predicted octanol–water partition coefficient (Wildman–Crippen LogP) is 1.95. The van der Waals surface area contributed by atoms with Crippen LogP contribution in [0.15, 0.2) is 23.3 Å². The second-order valence-corrected chi connectivity index (χ2v) is 4.47. The third kappa shape index (κ3) is 2.87. The zero-order valence-electron chi connectivity index (χ0n) is 10.6. The van der Waals surface area contributed by atoms with Gasteiger partial charge in [0.2, 0.25) is 11.9 Å². The number of nitrogens with one attached hydrogen (secondary N) is 2. The van der Waals surface area contributed by atoms with Gasteiger partial charge in [0.15, 0.2) is 0 Å². The lowest BCUT2D eigenvalue weighted by molar-refractivity contribution is 0.974. The fraction of sp³-hybridized carbons (Fsp3) is 0.500. The highest BCUT2D eigenvalue weighted by atomic mass is 15.4. The van der Waals surface area contributed by atoms with E-state index in [0.717, 1.165) is 25.3 Å². The number of hydrogen-bond acceptors (Lipinski definition) is 4. The summed E-state index contributed by atoms with van der Waals surface area (Å²) in [5.74, 6) is 1.43. The first kappa shape index (κ1) is 11.7. The second-order valence-electron chi connectivity index (χ2n) is 4.47. The molecule has 92 valence electrons. The molecule has 2 N–H and O–H groups in total. The van der Waals surface area contributed by atoms with E-state index in [2.05, 4.69) is 39.6 Å². The summed E-state index contributed by atoms with van der Waals surface area (Å²) in [5.41, 5.74) is 2.91. The summed E-state index contributed by atoms with van der Waals surface area (Å²) in [6.45, 7) is 3.06. The van der Waals surface area contributed by atoms with Crippen LogP contribution in [0, 0.1) is 0 Å². The molecule has 1 heterocycles. The minimum Gasteiger partial charge on any atom is -0.354 e. The number of H-pyrrole nitrogens is 1. The van der Waals surface area contributed by atoms with Gasteiger partial charge in [-0.25, -0.2) is 5.10 Å². The summed E-state index contributed by atoms with van der Waals surface area (Å²) >= 11 is 0. The molecule has 0 atom stereocenters. The number of anilines is 2. The van der Waals surface area contributed by atoms with Gasteiger partial charge >= 0.3 is 0 Å². The average Bonchev–Trinajstić information content (AvgIpc) is 2.89. The van der Waals surface area contributed by atoms with Crippen molar-refractivity contribution >= 4 is 11.9 Å². The van der Waals surface area contributed by atoms with Gasteiger partial charge in [0, 0.05) is 20.6 Å². The minimum absolute atomic E-state index is 0.698. The van der Waals surface area contributed by atoms with Crippen molar-refractivity contribution in [3.05, 3.63) is 23.3 Å². The summed E-state index contributed by atoms with van der Waals surface area (Å²) in [7, 11) is 3.84.